The van der Waals surface area contributed by atoms with Gasteiger partial charge in [-0.1, -0.05) is 17.7 Å². The third-order valence-corrected chi connectivity index (χ3v) is 2.43. The van der Waals surface area contributed by atoms with Gasteiger partial charge in [-0.25, -0.2) is 4.98 Å². The Labute approximate surface area is 110 Å². The number of hydrogen-bond acceptors (Lipinski definition) is 2. The monoisotopic (exact) mass is 270 g/mol. The Balaban J connectivity index is 0.000000171. The van der Waals surface area contributed by atoms with Crippen molar-refractivity contribution < 1.29 is 4.73 Å². The first-order valence-corrected chi connectivity index (χ1v) is 5.70. The highest BCUT2D eigenvalue weighted by Crippen LogP contribution is 2.02. The normalized spacial score (nSPS) is 9.41. The molecule has 0 fully saturated rings. The minimum Gasteiger partial charge on any atom is -0.617 e. The summed E-state index contributed by atoms with van der Waals surface area (Å²) in [6.45, 7) is 3.62. The van der Waals surface area contributed by atoms with Crippen LogP contribution >= 0.6 is 23.2 Å². The Kier molecular flexibility index (Phi) is 5.19. The molecule has 0 unspecified atom stereocenters. The van der Waals surface area contributed by atoms with E-state index in [1.807, 2.05) is 19.1 Å². The zero-order chi connectivity index (χ0) is 12.8. The van der Waals surface area contributed by atoms with Crippen molar-refractivity contribution in [2.24, 2.45) is 0 Å². The van der Waals surface area contributed by atoms with Gasteiger partial charge in [0.05, 0.1) is 0 Å². The van der Waals surface area contributed by atoms with Crippen molar-refractivity contribution in [1.29, 1.82) is 0 Å². The smallest absolute Gasteiger partial charge is 0.286 e. The van der Waals surface area contributed by atoms with Gasteiger partial charge in [-0.3, -0.25) is 0 Å². The molecule has 5 heteroatoms. The van der Waals surface area contributed by atoms with Gasteiger partial charge in [-0.2, -0.15) is 4.73 Å². The van der Waals surface area contributed by atoms with Gasteiger partial charge >= 0.3 is 0 Å². The van der Waals surface area contributed by atoms with Crippen molar-refractivity contribution in [3.63, 3.8) is 0 Å². The predicted molar refractivity (Wildman–Crippen MR) is 69.1 cm³/mol. The quantitative estimate of drug-likeness (QED) is 0.419. The molecule has 0 aliphatic heterocycles. The van der Waals surface area contributed by atoms with Crippen LogP contribution in [0, 0.1) is 19.1 Å². The lowest BCUT2D eigenvalue weighted by Crippen LogP contribution is -2.30. The van der Waals surface area contributed by atoms with E-state index in [-0.39, 0.29) is 5.15 Å². The lowest BCUT2D eigenvalue weighted by Gasteiger charge is -1.99. The Morgan fingerprint density at radius 2 is 1.71 bits per heavy atom. The van der Waals surface area contributed by atoms with E-state index in [4.69, 9.17) is 23.2 Å². The molecule has 0 aliphatic carbocycles. The first-order chi connectivity index (χ1) is 8.00. The van der Waals surface area contributed by atoms with Gasteiger partial charge in [0, 0.05) is 24.8 Å². The molecule has 3 nitrogen and oxygen atoms in total. The van der Waals surface area contributed by atoms with Crippen LogP contribution in [0.2, 0.25) is 10.3 Å². The summed E-state index contributed by atoms with van der Waals surface area (Å²) >= 11 is 11.0. The van der Waals surface area contributed by atoms with Crippen molar-refractivity contribution in [1.82, 2.24) is 4.98 Å². The van der Waals surface area contributed by atoms with E-state index in [2.05, 4.69) is 4.98 Å². The van der Waals surface area contributed by atoms with Crippen LogP contribution in [0.5, 0.6) is 0 Å². The Morgan fingerprint density at radius 3 is 2.12 bits per heavy atom. The highest BCUT2D eigenvalue weighted by atomic mass is 35.5. The van der Waals surface area contributed by atoms with E-state index in [0.717, 1.165) is 5.69 Å². The van der Waals surface area contributed by atoms with E-state index in [1.54, 1.807) is 31.2 Å². The van der Waals surface area contributed by atoms with Crippen LogP contribution in [-0.2, 0) is 0 Å². The molecular weight excluding hydrogens is 259 g/mol. The fourth-order valence-corrected chi connectivity index (χ4v) is 1.49. The second-order valence-corrected chi connectivity index (χ2v) is 4.16. The maximum absolute atomic E-state index is 10.8. The first kappa shape index (κ1) is 13.7. The number of nitrogens with zero attached hydrogens (tertiary/aromatic N) is 2. The maximum Gasteiger partial charge on any atom is 0.286 e. The molecule has 17 heavy (non-hydrogen) atoms. The lowest BCUT2D eigenvalue weighted by atomic mass is 10.4. The van der Waals surface area contributed by atoms with Crippen LogP contribution < -0.4 is 4.73 Å². The molecule has 0 radical (unpaired) electrons. The largest absolute Gasteiger partial charge is 0.617 e. The Bertz CT molecular complexity index is 466. The van der Waals surface area contributed by atoms with Crippen LogP contribution in [0.4, 0.5) is 0 Å². The van der Waals surface area contributed by atoms with Crippen molar-refractivity contribution in [2.45, 2.75) is 13.8 Å². The van der Waals surface area contributed by atoms with Crippen molar-refractivity contribution in [3.05, 3.63) is 63.3 Å². The number of rotatable bonds is 0. The zero-order valence-corrected chi connectivity index (χ0v) is 11.0. The van der Waals surface area contributed by atoms with E-state index in [0.29, 0.717) is 15.6 Å². The predicted octanol–water partition coefficient (Wildman–Crippen LogP) is 3.33. The molecule has 2 heterocycles. The molecule has 0 N–H and O–H groups in total. The van der Waals surface area contributed by atoms with Gasteiger partial charge in [0.2, 0.25) is 0 Å². The summed E-state index contributed by atoms with van der Waals surface area (Å²) in [5.41, 5.74) is 1.57. The second kappa shape index (κ2) is 6.42. The second-order valence-electron chi connectivity index (χ2n) is 3.39. The van der Waals surface area contributed by atoms with Crippen molar-refractivity contribution in [3.8, 4) is 0 Å². The van der Waals surface area contributed by atoms with Gasteiger partial charge in [0.1, 0.15) is 5.15 Å². The van der Waals surface area contributed by atoms with Gasteiger partial charge in [-0.05, 0) is 36.7 Å². The van der Waals surface area contributed by atoms with E-state index in [9.17, 15) is 5.21 Å². The highest BCUT2D eigenvalue weighted by Gasteiger charge is 2.00. The number of halogens is 2. The lowest BCUT2D eigenvalue weighted by molar-refractivity contribution is -0.609. The van der Waals surface area contributed by atoms with Crippen LogP contribution in [0.1, 0.15) is 11.4 Å². The molecule has 2 rings (SSSR count). The summed E-state index contributed by atoms with van der Waals surface area (Å²) in [7, 11) is 0. The Morgan fingerprint density at radius 1 is 1.06 bits per heavy atom. The van der Waals surface area contributed by atoms with Crippen LogP contribution in [-0.4, -0.2) is 4.98 Å². The zero-order valence-electron chi connectivity index (χ0n) is 9.52. The SMILES string of the molecule is Cc1cccc(Cl)[n+]1[O-].Cc1cccc(Cl)n1. The van der Waals surface area contributed by atoms with E-state index >= 15 is 0 Å². The molecule has 0 saturated heterocycles. The number of hydrogen-bond donors (Lipinski definition) is 0. The first-order valence-electron chi connectivity index (χ1n) is 4.94. The van der Waals surface area contributed by atoms with Crippen molar-refractivity contribution >= 4 is 23.2 Å². The van der Waals surface area contributed by atoms with E-state index < -0.39 is 0 Å². The average Bonchev–Trinajstić information content (AvgIpc) is 2.26. The molecule has 0 saturated carbocycles. The molecule has 2 aromatic rings. The molecule has 0 aromatic carbocycles. The molecule has 0 aliphatic rings. The number of pyridine rings is 2. The summed E-state index contributed by atoms with van der Waals surface area (Å²) in [5.74, 6) is 0. The van der Waals surface area contributed by atoms with Crippen LogP contribution in [0.25, 0.3) is 0 Å². The molecule has 0 spiro atoms. The third-order valence-electron chi connectivity index (χ3n) is 1.94. The van der Waals surface area contributed by atoms with Crippen LogP contribution in [0.3, 0.4) is 0 Å². The minimum absolute atomic E-state index is 0.218. The summed E-state index contributed by atoms with van der Waals surface area (Å²) in [4.78, 5) is 3.94. The van der Waals surface area contributed by atoms with E-state index in [1.165, 1.54) is 0 Å². The molecule has 0 bridgehead atoms. The molecule has 0 amide bonds. The van der Waals surface area contributed by atoms with Gasteiger partial charge < -0.3 is 5.21 Å². The summed E-state index contributed by atoms with van der Waals surface area (Å²) in [6, 6.07) is 10.6. The topological polar surface area (TPSA) is 39.8 Å². The van der Waals surface area contributed by atoms with Gasteiger partial charge in [-0.15, -0.1) is 0 Å². The number of aryl methyl sites for hydroxylation is 2. The average molecular weight is 271 g/mol. The summed E-state index contributed by atoms with van der Waals surface area (Å²) in [6.07, 6.45) is 0. The molecule has 2 aromatic heterocycles. The van der Waals surface area contributed by atoms with Gasteiger partial charge in [0.25, 0.3) is 5.15 Å². The summed E-state index contributed by atoms with van der Waals surface area (Å²) in [5, 5.41) is 11.5. The molecule has 0 atom stereocenters. The third kappa shape index (κ3) is 4.59. The standard InChI is InChI=1S/C6H6ClNO.C6H6ClN/c1-5-3-2-4-6(7)8(5)9;1-5-3-2-4-6(7)8-5/h2-4H,1H3;2-4H,1H3. The Hall–Kier alpha value is -1.32. The van der Waals surface area contributed by atoms with Crippen LogP contribution in [0.15, 0.2) is 36.4 Å². The fraction of sp³-hybridized carbons (Fsp3) is 0.167. The highest BCUT2D eigenvalue weighted by molar-refractivity contribution is 6.29. The number of aromatic nitrogens is 2. The summed E-state index contributed by atoms with van der Waals surface area (Å²) < 4.78 is 0.682. The molecule has 90 valence electrons. The minimum atomic E-state index is 0.218. The fourth-order valence-electron chi connectivity index (χ4n) is 1.08. The maximum atomic E-state index is 10.8. The molecular formula is C12H12Cl2N2O. The van der Waals surface area contributed by atoms with Crippen molar-refractivity contribution in [2.75, 3.05) is 0 Å². The van der Waals surface area contributed by atoms with Gasteiger partial charge in [0.15, 0.2) is 5.69 Å².